The molecule has 0 unspecified atom stereocenters. The molecule has 1 fully saturated rings. The number of nitrogens with zero attached hydrogens (tertiary/aromatic N) is 1. The van der Waals surface area contributed by atoms with E-state index < -0.39 is 29.6 Å². The molecule has 0 spiro atoms. The Morgan fingerprint density at radius 2 is 2.30 bits per heavy atom. The van der Waals surface area contributed by atoms with Crippen molar-refractivity contribution in [3.63, 3.8) is 0 Å². The smallest absolute Gasteiger partial charge is 0.371 e. The van der Waals surface area contributed by atoms with Crippen molar-refractivity contribution in [3.8, 4) is 12.3 Å². The first-order chi connectivity index (χ1) is 12.7. The summed E-state index contributed by atoms with van der Waals surface area (Å²) in [6, 6.07) is -1.70. The minimum absolute atomic E-state index is 0.0667. The van der Waals surface area contributed by atoms with Crippen LogP contribution in [0.5, 0.6) is 0 Å². The minimum Gasteiger partial charge on any atom is -0.371 e. The molecule has 1 saturated carbocycles. The van der Waals surface area contributed by atoms with Gasteiger partial charge >= 0.3 is 6.18 Å². The van der Waals surface area contributed by atoms with Crippen molar-refractivity contribution in [1.82, 2.24) is 4.98 Å². The number of alkyl halides is 3. The number of halogens is 3. The summed E-state index contributed by atoms with van der Waals surface area (Å²) in [5.74, 6) is 1.23. The number of amides is 1. The van der Waals surface area contributed by atoms with Gasteiger partial charge in [0.05, 0.1) is 16.8 Å². The number of hydrogen-bond donors (Lipinski definition) is 3. The molecule has 1 aromatic heterocycles. The molecule has 2 atom stereocenters. The molecule has 4 N–H and O–H groups in total. The summed E-state index contributed by atoms with van der Waals surface area (Å²) >= 11 is 0. The van der Waals surface area contributed by atoms with E-state index in [0.717, 1.165) is 0 Å². The molecule has 142 valence electrons. The molecule has 2 aliphatic rings. The summed E-state index contributed by atoms with van der Waals surface area (Å²) in [7, 11) is 0. The SMILES string of the molecule is C#C/C=C/C[C@]1(C=C)Nc2c(C(N)=O)cnc(N[C@H](C3CC3)C(F)(F)F)c21. The van der Waals surface area contributed by atoms with Crippen LogP contribution in [0.4, 0.5) is 24.7 Å². The highest BCUT2D eigenvalue weighted by molar-refractivity contribution is 6.02. The zero-order valence-corrected chi connectivity index (χ0v) is 14.4. The number of nitrogens with two attached hydrogens (primary N) is 1. The fourth-order valence-corrected chi connectivity index (χ4v) is 3.34. The van der Waals surface area contributed by atoms with Gasteiger partial charge in [0.25, 0.3) is 5.91 Å². The van der Waals surface area contributed by atoms with Gasteiger partial charge in [0.2, 0.25) is 0 Å². The number of hydrogen-bond acceptors (Lipinski definition) is 4. The number of carbonyl (C=O) groups is 1. The third-order valence-electron chi connectivity index (χ3n) is 4.88. The number of fused-ring (bicyclic) bond motifs is 1. The maximum absolute atomic E-state index is 13.4. The second-order valence-corrected chi connectivity index (χ2v) is 6.71. The van der Waals surface area contributed by atoms with Crippen LogP contribution in [0.2, 0.25) is 0 Å². The molecule has 0 aromatic carbocycles. The molecule has 3 rings (SSSR count). The lowest BCUT2D eigenvalue weighted by Gasteiger charge is -2.45. The van der Waals surface area contributed by atoms with Crippen LogP contribution < -0.4 is 16.4 Å². The lowest BCUT2D eigenvalue weighted by molar-refractivity contribution is -0.146. The normalized spacial score (nSPS) is 22.1. The molecule has 1 aromatic rings. The second kappa shape index (κ2) is 6.65. The monoisotopic (exact) mass is 376 g/mol. The highest BCUT2D eigenvalue weighted by Crippen LogP contribution is 2.51. The molecule has 0 bridgehead atoms. The number of carbonyl (C=O) groups excluding carboxylic acids is 1. The maximum Gasteiger partial charge on any atom is 0.408 e. The van der Waals surface area contributed by atoms with Crippen LogP contribution in [0.25, 0.3) is 0 Å². The van der Waals surface area contributed by atoms with Crippen LogP contribution in [0.3, 0.4) is 0 Å². The van der Waals surface area contributed by atoms with E-state index in [0.29, 0.717) is 30.5 Å². The molecule has 0 saturated heterocycles. The lowest BCUT2D eigenvalue weighted by Crippen LogP contribution is -2.46. The van der Waals surface area contributed by atoms with Gasteiger partial charge in [-0.1, -0.05) is 18.1 Å². The van der Waals surface area contributed by atoms with Gasteiger partial charge in [-0.15, -0.1) is 13.0 Å². The van der Waals surface area contributed by atoms with Crippen LogP contribution in [0.15, 0.2) is 31.0 Å². The third-order valence-corrected chi connectivity index (χ3v) is 4.88. The number of anilines is 2. The molecule has 8 heteroatoms. The second-order valence-electron chi connectivity index (χ2n) is 6.71. The predicted molar refractivity (Wildman–Crippen MR) is 97.0 cm³/mol. The van der Waals surface area contributed by atoms with Crippen molar-refractivity contribution in [2.75, 3.05) is 10.6 Å². The first-order valence-corrected chi connectivity index (χ1v) is 8.43. The molecule has 2 heterocycles. The lowest BCUT2D eigenvalue weighted by atomic mass is 9.77. The number of allylic oxidation sites excluding steroid dienone is 1. The molecular weight excluding hydrogens is 357 g/mol. The number of terminal acetylenes is 1. The van der Waals surface area contributed by atoms with Crippen LogP contribution in [0.1, 0.15) is 35.2 Å². The number of nitrogens with one attached hydrogen (secondary N) is 2. The molecule has 1 aliphatic carbocycles. The quantitative estimate of drug-likeness (QED) is 0.504. The molecule has 5 nitrogen and oxygen atoms in total. The van der Waals surface area contributed by atoms with Crippen molar-refractivity contribution < 1.29 is 18.0 Å². The summed E-state index contributed by atoms with van der Waals surface area (Å²) in [5.41, 5.74) is 5.39. The van der Waals surface area contributed by atoms with Gasteiger partial charge in [-0.25, -0.2) is 4.98 Å². The summed E-state index contributed by atoms with van der Waals surface area (Å²) < 4.78 is 40.3. The van der Waals surface area contributed by atoms with E-state index in [2.05, 4.69) is 28.1 Å². The zero-order chi connectivity index (χ0) is 19.8. The fourth-order valence-electron chi connectivity index (χ4n) is 3.34. The molecule has 27 heavy (non-hydrogen) atoms. The maximum atomic E-state index is 13.4. The first-order valence-electron chi connectivity index (χ1n) is 8.43. The third kappa shape index (κ3) is 3.37. The van der Waals surface area contributed by atoms with Crippen LogP contribution in [-0.2, 0) is 5.54 Å². The standard InChI is InChI=1S/C19H19F3N4O/c1-3-5-6-9-18(4-2)13-14(26-18)12(16(23)27)10-24-17(13)25-15(11-7-8-11)19(20,21)22/h1,4-6,10-11,15,26H,2,7-9H2,(H2,23,27)(H,24,25)/b6-5+/t15-,18+/m1/s1. The first kappa shape index (κ1) is 18.8. The Morgan fingerprint density at radius 1 is 1.59 bits per heavy atom. The van der Waals surface area contributed by atoms with E-state index in [1.165, 1.54) is 12.3 Å². The van der Waals surface area contributed by atoms with E-state index in [1.807, 2.05) is 0 Å². The average Bonchev–Trinajstić information content (AvgIpc) is 3.40. The van der Waals surface area contributed by atoms with Crippen molar-refractivity contribution in [1.29, 1.82) is 0 Å². The summed E-state index contributed by atoms with van der Waals surface area (Å²) in [4.78, 5) is 15.7. The van der Waals surface area contributed by atoms with Crippen LogP contribution in [-0.4, -0.2) is 23.1 Å². The van der Waals surface area contributed by atoms with Gasteiger partial charge in [0.1, 0.15) is 11.9 Å². The largest absolute Gasteiger partial charge is 0.408 e. The Balaban J connectivity index is 2.04. The van der Waals surface area contributed by atoms with Gasteiger partial charge in [-0.05, 0) is 31.3 Å². The molecule has 0 radical (unpaired) electrons. The highest BCUT2D eigenvalue weighted by atomic mass is 19.4. The van der Waals surface area contributed by atoms with Gasteiger partial charge in [0, 0.05) is 11.8 Å². The van der Waals surface area contributed by atoms with Crippen LogP contribution in [0, 0.1) is 18.3 Å². The zero-order valence-electron chi connectivity index (χ0n) is 14.4. The molecule has 1 amide bonds. The van der Waals surface area contributed by atoms with Gasteiger partial charge in [-0.3, -0.25) is 4.79 Å². The van der Waals surface area contributed by atoms with E-state index in [1.54, 1.807) is 12.2 Å². The van der Waals surface area contributed by atoms with E-state index in [-0.39, 0.29) is 11.4 Å². The highest BCUT2D eigenvalue weighted by Gasteiger charge is 2.51. The number of pyridine rings is 1. The van der Waals surface area contributed by atoms with Crippen molar-refractivity contribution in [2.24, 2.45) is 11.7 Å². The summed E-state index contributed by atoms with van der Waals surface area (Å²) in [5, 5.41) is 5.64. The van der Waals surface area contributed by atoms with E-state index >= 15 is 0 Å². The van der Waals surface area contributed by atoms with Gasteiger partial charge in [0.15, 0.2) is 0 Å². The molecular formula is C19H19F3N4O. The van der Waals surface area contributed by atoms with E-state index in [4.69, 9.17) is 12.2 Å². The van der Waals surface area contributed by atoms with E-state index in [9.17, 15) is 18.0 Å². The topological polar surface area (TPSA) is 80.0 Å². The average molecular weight is 376 g/mol. The molecule has 1 aliphatic heterocycles. The Labute approximate surface area is 154 Å². The van der Waals surface area contributed by atoms with Gasteiger partial charge < -0.3 is 16.4 Å². The predicted octanol–water partition coefficient (Wildman–Crippen LogP) is 3.32. The van der Waals surface area contributed by atoms with Gasteiger partial charge in [-0.2, -0.15) is 13.2 Å². The van der Waals surface area contributed by atoms with Crippen molar-refractivity contribution in [3.05, 3.63) is 42.1 Å². The minimum atomic E-state index is -4.41. The Morgan fingerprint density at radius 3 is 2.81 bits per heavy atom. The number of rotatable bonds is 7. The van der Waals surface area contributed by atoms with Crippen LogP contribution >= 0.6 is 0 Å². The fraction of sp³-hybridized carbons (Fsp3) is 0.368. The number of primary amides is 1. The summed E-state index contributed by atoms with van der Waals surface area (Å²) in [6.07, 6.45) is 8.09. The Hall–Kier alpha value is -2.95. The Kier molecular flexibility index (Phi) is 4.64. The van der Waals surface area contributed by atoms with Crippen molar-refractivity contribution in [2.45, 2.75) is 37.0 Å². The Bertz CT molecular complexity index is 852. The summed E-state index contributed by atoms with van der Waals surface area (Å²) in [6.45, 7) is 3.78. The number of aromatic nitrogens is 1. The van der Waals surface area contributed by atoms with Crippen molar-refractivity contribution >= 4 is 17.4 Å².